The summed E-state index contributed by atoms with van der Waals surface area (Å²) < 4.78 is 30.2. The summed E-state index contributed by atoms with van der Waals surface area (Å²) >= 11 is 0. The zero-order valence-corrected chi connectivity index (χ0v) is 19.6. The number of nitrogens with one attached hydrogen (secondary N) is 1. The summed E-state index contributed by atoms with van der Waals surface area (Å²) in [6.45, 7) is 7.89. The van der Waals surface area contributed by atoms with Crippen LogP contribution in [0.2, 0.25) is 0 Å². The topological polar surface area (TPSA) is 96.0 Å². The van der Waals surface area contributed by atoms with E-state index < -0.39 is 15.6 Å². The molecule has 0 aromatic heterocycles. The number of carbonyl (C=O) groups excluding carboxylic acids is 2. The summed E-state index contributed by atoms with van der Waals surface area (Å²) in [6, 6.07) is 7.05. The molecule has 0 radical (unpaired) electrons. The van der Waals surface area contributed by atoms with E-state index in [4.69, 9.17) is 4.74 Å². The van der Waals surface area contributed by atoms with Crippen molar-refractivity contribution in [2.24, 2.45) is 5.92 Å². The zero-order valence-electron chi connectivity index (χ0n) is 18.8. The molecule has 8 nitrogen and oxygen atoms in total. The molecule has 1 amide bonds. The van der Waals surface area contributed by atoms with Crippen molar-refractivity contribution in [2.75, 3.05) is 37.8 Å². The Morgan fingerprint density at radius 3 is 2.19 bits per heavy atom. The van der Waals surface area contributed by atoms with E-state index >= 15 is 0 Å². The van der Waals surface area contributed by atoms with Crippen molar-refractivity contribution in [3.8, 4) is 0 Å². The SMILES string of the molecule is CC(C)(C)OC(=O)c1ccc(NC(=O)[C@H]2CC[C@@H](N3CCN(S(C)(=O)=O)CC3)C2)cc1. The second-order valence-electron chi connectivity index (χ2n) is 9.43. The number of carbonyl (C=O) groups is 2. The number of hydrogen-bond donors (Lipinski definition) is 1. The maximum absolute atomic E-state index is 12.7. The lowest BCUT2D eigenvalue weighted by atomic mass is 10.1. The minimum Gasteiger partial charge on any atom is -0.456 e. The van der Waals surface area contributed by atoms with E-state index in [9.17, 15) is 18.0 Å². The van der Waals surface area contributed by atoms with Crippen LogP contribution >= 0.6 is 0 Å². The lowest BCUT2D eigenvalue weighted by Gasteiger charge is -2.37. The van der Waals surface area contributed by atoms with E-state index in [1.807, 2.05) is 20.8 Å². The summed E-state index contributed by atoms with van der Waals surface area (Å²) in [4.78, 5) is 27.1. The molecule has 1 saturated heterocycles. The Kier molecular flexibility index (Phi) is 7.08. The Morgan fingerprint density at radius 1 is 1.03 bits per heavy atom. The zero-order chi connectivity index (χ0) is 22.8. The average molecular weight is 452 g/mol. The molecule has 0 bridgehead atoms. The molecular weight excluding hydrogens is 418 g/mol. The molecule has 0 unspecified atom stereocenters. The number of amides is 1. The van der Waals surface area contributed by atoms with E-state index in [0.717, 1.165) is 19.3 Å². The molecule has 1 N–H and O–H groups in total. The minimum absolute atomic E-state index is 0.0118. The molecule has 1 aliphatic carbocycles. The first-order valence-corrected chi connectivity index (χ1v) is 12.6. The number of benzene rings is 1. The standard InChI is InChI=1S/C22H33N3O5S/c1-22(2,3)30-21(27)16-5-8-18(9-6-16)23-20(26)17-7-10-19(15-17)24-11-13-25(14-12-24)31(4,28)29/h5-6,8-9,17,19H,7,10-15H2,1-4H3,(H,23,26)/t17-,19+/m0/s1. The van der Waals surface area contributed by atoms with Gasteiger partial charge in [0.05, 0.1) is 11.8 Å². The van der Waals surface area contributed by atoms with Crippen molar-refractivity contribution in [3.63, 3.8) is 0 Å². The molecule has 3 rings (SSSR count). The third kappa shape index (κ3) is 6.51. The number of esters is 1. The van der Waals surface area contributed by atoms with E-state index in [2.05, 4.69) is 10.2 Å². The van der Waals surface area contributed by atoms with Gasteiger partial charge in [-0.05, 0) is 64.3 Å². The number of sulfonamides is 1. The Morgan fingerprint density at radius 2 is 1.65 bits per heavy atom. The Balaban J connectivity index is 1.49. The smallest absolute Gasteiger partial charge is 0.338 e. The molecule has 0 spiro atoms. The first kappa shape index (κ1) is 23.7. The normalized spacial score (nSPS) is 23.5. The highest BCUT2D eigenvalue weighted by molar-refractivity contribution is 7.88. The van der Waals surface area contributed by atoms with E-state index in [1.54, 1.807) is 24.3 Å². The first-order valence-electron chi connectivity index (χ1n) is 10.8. The number of hydrogen-bond acceptors (Lipinski definition) is 6. The monoisotopic (exact) mass is 451 g/mol. The second-order valence-corrected chi connectivity index (χ2v) is 11.4. The molecule has 9 heteroatoms. The summed E-state index contributed by atoms with van der Waals surface area (Å²) in [5, 5.41) is 2.95. The summed E-state index contributed by atoms with van der Waals surface area (Å²) in [7, 11) is -3.14. The van der Waals surface area contributed by atoms with Crippen molar-refractivity contribution in [1.29, 1.82) is 0 Å². The molecule has 2 aliphatic rings. The van der Waals surface area contributed by atoms with Gasteiger partial charge in [0, 0.05) is 43.8 Å². The predicted octanol–water partition coefficient (Wildman–Crippen LogP) is 2.33. The van der Waals surface area contributed by atoms with Gasteiger partial charge in [0.25, 0.3) is 0 Å². The molecular formula is C22H33N3O5S. The number of nitrogens with zero attached hydrogens (tertiary/aromatic N) is 2. The molecule has 31 heavy (non-hydrogen) atoms. The minimum atomic E-state index is -3.14. The van der Waals surface area contributed by atoms with Gasteiger partial charge < -0.3 is 10.1 Å². The van der Waals surface area contributed by atoms with Gasteiger partial charge in [-0.3, -0.25) is 9.69 Å². The van der Waals surface area contributed by atoms with E-state index in [0.29, 0.717) is 43.5 Å². The fraction of sp³-hybridized carbons (Fsp3) is 0.636. The van der Waals surface area contributed by atoms with Crippen LogP contribution in [0.4, 0.5) is 5.69 Å². The van der Waals surface area contributed by atoms with Gasteiger partial charge in [-0.15, -0.1) is 0 Å². The molecule has 172 valence electrons. The van der Waals surface area contributed by atoms with Crippen LogP contribution in [0, 0.1) is 5.92 Å². The highest BCUT2D eigenvalue weighted by atomic mass is 32.2. The predicted molar refractivity (Wildman–Crippen MR) is 119 cm³/mol. The van der Waals surface area contributed by atoms with Crippen molar-refractivity contribution in [2.45, 2.75) is 51.7 Å². The Hall–Kier alpha value is -1.97. The third-order valence-corrected chi connectivity index (χ3v) is 7.12. The maximum atomic E-state index is 12.7. The molecule has 1 aliphatic heterocycles. The Labute approximate surface area is 185 Å². The molecule has 2 atom stereocenters. The van der Waals surface area contributed by atoms with Crippen LogP contribution in [0.1, 0.15) is 50.4 Å². The van der Waals surface area contributed by atoms with E-state index in [-0.39, 0.29) is 17.8 Å². The highest BCUT2D eigenvalue weighted by Gasteiger charge is 2.35. The fourth-order valence-corrected chi connectivity index (χ4v) is 5.03. The van der Waals surface area contributed by atoms with Gasteiger partial charge in [-0.1, -0.05) is 0 Å². The summed E-state index contributed by atoms with van der Waals surface area (Å²) in [5.41, 5.74) is 0.546. The number of anilines is 1. The van der Waals surface area contributed by atoms with Crippen molar-refractivity contribution < 1.29 is 22.7 Å². The lowest BCUT2D eigenvalue weighted by molar-refractivity contribution is -0.119. The summed E-state index contributed by atoms with van der Waals surface area (Å²) in [5.74, 6) is -0.467. The van der Waals surface area contributed by atoms with Crippen LogP contribution in [0.5, 0.6) is 0 Å². The van der Waals surface area contributed by atoms with Crippen molar-refractivity contribution >= 4 is 27.6 Å². The number of piperazine rings is 1. The van der Waals surface area contributed by atoms with Crippen LogP contribution in [0.3, 0.4) is 0 Å². The van der Waals surface area contributed by atoms with E-state index in [1.165, 1.54) is 10.6 Å². The largest absolute Gasteiger partial charge is 0.456 e. The molecule has 1 aromatic rings. The average Bonchev–Trinajstić information content (AvgIpc) is 3.17. The number of ether oxygens (including phenoxy) is 1. The van der Waals surface area contributed by atoms with Gasteiger partial charge in [0.2, 0.25) is 15.9 Å². The quantitative estimate of drug-likeness (QED) is 0.691. The van der Waals surface area contributed by atoms with Crippen LogP contribution in [0.15, 0.2) is 24.3 Å². The third-order valence-electron chi connectivity index (χ3n) is 5.82. The van der Waals surface area contributed by atoms with Crippen LogP contribution < -0.4 is 5.32 Å². The van der Waals surface area contributed by atoms with Gasteiger partial charge >= 0.3 is 5.97 Å². The molecule has 2 fully saturated rings. The molecule has 1 aromatic carbocycles. The van der Waals surface area contributed by atoms with Gasteiger partial charge in [-0.2, -0.15) is 4.31 Å². The second kappa shape index (κ2) is 9.26. The van der Waals surface area contributed by atoms with Crippen LogP contribution in [-0.2, 0) is 19.6 Å². The Bertz CT molecular complexity index is 900. The van der Waals surface area contributed by atoms with Crippen molar-refractivity contribution in [3.05, 3.63) is 29.8 Å². The first-order chi connectivity index (χ1) is 14.4. The molecule has 1 saturated carbocycles. The fourth-order valence-electron chi connectivity index (χ4n) is 4.20. The highest BCUT2D eigenvalue weighted by Crippen LogP contribution is 2.31. The van der Waals surface area contributed by atoms with Gasteiger partial charge in [0.1, 0.15) is 5.60 Å². The van der Waals surface area contributed by atoms with Crippen molar-refractivity contribution in [1.82, 2.24) is 9.21 Å². The van der Waals surface area contributed by atoms with Crippen LogP contribution in [0.25, 0.3) is 0 Å². The molecule has 1 heterocycles. The van der Waals surface area contributed by atoms with Gasteiger partial charge in [0.15, 0.2) is 0 Å². The van der Waals surface area contributed by atoms with Crippen LogP contribution in [-0.4, -0.2) is 73.6 Å². The lowest BCUT2D eigenvalue weighted by Crippen LogP contribution is -2.51. The van der Waals surface area contributed by atoms with Gasteiger partial charge in [-0.25, -0.2) is 13.2 Å². The summed E-state index contributed by atoms with van der Waals surface area (Å²) in [6.07, 6.45) is 3.78. The number of rotatable bonds is 5. The maximum Gasteiger partial charge on any atom is 0.338 e.